The fourth-order valence-corrected chi connectivity index (χ4v) is 2.68. The molecule has 0 saturated heterocycles. The lowest BCUT2D eigenvalue weighted by molar-refractivity contribution is -0.123. The van der Waals surface area contributed by atoms with Crippen molar-refractivity contribution in [3.63, 3.8) is 0 Å². The molecular formula is C19H18ClN5O3. The Balaban J connectivity index is 1.58. The minimum Gasteiger partial charge on any atom is -0.495 e. The summed E-state index contributed by atoms with van der Waals surface area (Å²) in [6.07, 6.45) is 1.47. The number of carbonyl (C=O) groups is 2. The summed E-state index contributed by atoms with van der Waals surface area (Å²) in [6, 6.07) is 13.5. The summed E-state index contributed by atoms with van der Waals surface area (Å²) in [6.45, 7) is 0. The molecule has 1 aliphatic rings. The highest BCUT2D eigenvalue weighted by Gasteiger charge is 2.28. The van der Waals surface area contributed by atoms with Crippen molar-refractivity contribution in [2.75, 3.05) is 12.4 Å². The molecule has 0 aromatic heterocycles. The van der Waals surface area contributed by atoms with Gasteiger partial charge in [-0.05, 0) is 23.8 Å². The molecule has 0 saturated carbocycles. The number of aliphatic imine (C=N–C) groups is 1. The number of hydrazone groups is 1. The third-order valence-corrected chi connectivity index (χ3v) is 4.06. The van der Waals surface area contributed by atoms with Crippen LogP contribution in [-0.2, 0) is 9.59 Å². The van der Waals surface area contributed by atoms with Gasteiger partial charge >= 0.3 is 0 Å². The van der Waals surface area contributed by atoms with Crippen LogP contribution in [0.5, 0.6) is 5.75 Å². The average molecular weight is 400 g/mol. The van der Waals surface area contributed by atoms with Crippen molar-refractivity contribution in [1.82, 2.24) is 10.7 Å². The minimum atomic E-state index is -0.848. The van der Waals surface area contributed by atoms with Crippen molar-refractivity contribution >= 4 is 41.3 Å². The third-order valence-electron chi connectivity index (χ3n) is 3.83. The number of guanidine groups is 1. The van der Waals surface area contributed by atoms with Gasteiger partial charge in [0.15, 0.2) is 0 Å². The summed E-state index contributed by atoms with van der Waals surface area (Å²) >= 11 is 5.95. The maximum absolute atomic E-state index is 12.3. The van der Waals surface area contributed by atoms with Crippen LogP contribution in [0.2, 0.25) is 5.02 Å². The van der Waals surface area contributed by atoms with E-state index in [9.17, 15) is 9.59 Å². The lowest BCUT2D eigenvalue weighted by atomic mass is 10.2. The van der Waals surface area contributed by atoms with E-state index in [1.54, 1.807) is 24.4 Å². The van der Waals surface area contributed by atoms with E-state index in [-0.39, 0.29) is 18.3 Å². The Morgan fingerprint density at radius 3 is 2.86 bits per heavy atom. The number of hydrogen-bond donors (Lipinski definition) is 3. The molecule has 8 nitrogen and oxygen atoms in total. The van der Waals surface area contributed by atoms with Gasteiger partial charge in [0.1, 0.15) is 11.8 Å². The van der Waals surface area contributed by atoms with E-state index in [2.05, 4.69) is 26.2 Å². The third kappa shape index (κ3) is 5.08. The Hall–Kier alpha value is -3.39. The Morgan fingerprint density at radius 2 is 2.11 bits per heavy atom. The van der Waals surface area contributed by atoms with Gasteiger partial charge in [-0.3, -0.25) is 14.9 Å². The number of carbonyl (C=O) groups excluding carboxylic acids is 2. The summed E-state index contributed by atoms with van der Waals surface area (Å²) in [7, 11) is 1.49. The molecule has 1 atom stereocenters. The van der Waals surface area contributed by atoms with Crippen molar-refractivity contribution in [3.8, 4) is 5.75 Å². The fourth-order valence-electron chi connectivity index (χ4n) is 2.50. The molecule has 0 spiro atoms. The van der Waals surface area contributed by atoms with Crippen molar-refractivity contribution < 1.29 is 14.3 Å². The van der Waals surface area contributed by atoms with Gasteiger partial charge in [-0.25, -0.2) is 10.4 Å². The molecule has 144 valence electrons. The van der Waals surface area contributed by atoms with Gasteiger partial charge in [0, 0.05) is 5.02 Å². The number of nitrogens with zero attached hydrogens (tertiary/aromatic N) is 2. The molecule has 1 heterocycles. The molecular weight excluding hydrogens is 382 g/mol. The van der Waals surface area contributed by atoms with E-state index in [4.69, 9.17) is 16.3 Å². The van der Waals surface area contributed by atoms with Crippen molar-refractivity contribution in [2.45, 2.75) is 12.5 Å². The fraction of sp³-hybridized carbons (Fsp3) is 0.158. The number of nitrogens with one attached hydrogen (secondary N) is 3. The van der Waals surface area contributed by atoms with Gasteiger partial charge in [-0.2, -0.15) is 5.10 Å². The smallest absolute Gasteiger partial charge is 0.252 e. The van der Waals surface area contributed by atoms with Crippen LogP contribution in [-0.4, -0.2) is 37.1 Å². The second-order valence-corrected chi connectivity index (χ2v) is 6.30. The normalized spacial score (nSPS) is 15.9. The molecule has 1 aliphatic heterocycles. The SMILES string of the molecule is COc1ccc(Cl)cc1NC(=O)C[C@@H]1N=C(N/N=C/c2ccccc2)NC1=O. The number of benzene rings is 2. The first kappa shape index (κ1) is 19.4. The Kier molecular flexibility index (Phi) is 6.23. The van der Waals surface area contributed by atoms with E-state index in [1.807, 2.05) is 30.3 Å². The number of amides is 2. The highest BCUT2D eigenvalue weighted by atomic mass is 35.5. The molecule has 3 rings (SSSR count). The average Bonchev–Trinajstić information content (AvgIpc) is 3.02. The van der Waals surface area contributed by atoms with Crippen LogP contribution in [0.3, 0.4) is 0 Å². The Bertz CT molecular complexity index is 930. The Labute approximate surface area is 166 Å². The maximum Gasteiger partial charge on any atom is 0.252 e. The number of hydrogen-bond acceptors (Lipinski definition) is 6. The maximum atomic E-state index is 12.3. The molecule has 2 aromatic rings. The van der Waals surface area contributed by atoms with Crippen LogP contribution in [0.1, 0.15) is 12.0 Å². The van der Waals surface area contributed by atoms with Crippen LogP contribution in [0, 0.1) is 0 Å². The quantitative estimate of drug-likeness (QED) is 0.511. The topological polar surface area (TPSA) is 104 Å². The minimum absolute atomic E-state index is 0.130. The van der Waals surface area contributed by atoms with Crippen LogP contribution in [0.15, 0.2) is 58.6 Å². The lowest BCUT2D eigenvalue weighted by Crippen LogP contribution is -2.35. The first-order valence-electron chi connectivity index (χ1n) is 8.41. The van der Waals surface area contributed by atoms with Gasteiger partial charge in [0.2, 0.25) is 11.9 Å². The van der Waals surface area contributed by atoms with Crippen LogP contribution in [0.4, 0.5) is 5.69 Å². The lowest BCUT2D eigenvalue weighted by Gasteiger charge is -2.11. The zero-order valence-electron chi connectivity index (χ0n) is 15.0. The van der Waals surface area contributed by atoms with E-state index in [1.165, 1.54) is 7.11 Å². The molecule has 0 aliphatic carbocycles. The molecule has 3 N–H and O–H groups in total. The molecule has 0 fully saturated rings. The van der Waals surface area contributed by atoms with Gasteiger partial charge < -0.3 is 10.1 Å². The number of ether oxygens (including phenoxy) is 1. The Morgan fingerprint density at radius 1 is 1.32 bits per heavy atom. The highest BCUT2D eigenvalue weighted by molar-refractivity contribution is 6.31. The van der Waals surface area contributed by atoms with E-state index in [0.29, 0.717) is 16.5 Å². The molecule has 9 heteroatoms. The van der Waals surface area contributed by atoms with Crippen molar-refractivity contribution in [3.05, 3.63) is 59.1 Å². The predicted octanol–water partition coefficient (Wildman–Crippen LogP) is 2.16. The molecule has 0 radical (unpaired) electrons. The second kappa shape index (κ2) is 9.01. The molecule has 0 bridgehead atoms. The first-order chi connectivity index (χ1) is 13.5. The number of halogens is 1. The van der Waals surface area contributed by atoms with Crippen LogP contribution in [0.25, 0.3) is 0 Å². The van der Waals surface area contributed by atoms with E-state index < -0.39 is 11.9 Å². The summed E-state index contributed by atoms with van der Waals surface area (Å²) in [5, 5.41) is 9.71. The van der Waals surface area contributed by atoms with Crippen LogP contribution < -0.4 is 20.8 Å². The standard InChI is InChI=1S/C19H18ClN5O3/c1-28-16-8-7-13(20)9-14(16)22-17(26)10-15-18(27)24-19(23-15)25-21-11-12-5-3-2-4-6-12/h2-9,11,15H,10H2,1H3,(H,22,26)(H2,23,24,25,27)/b21-11+/t15-/m0/s1. The van der Waals surface area contributed by atoms with Crippen molar-refractivity contribution in [1.29, 1.82) is 0 Å². The van der Waals surface area contributed by atoms with Gasteiger partial charge in [0.05, 0.1) is 25.4 Å². The van der Waals surface area contributed by atoms with Crippen molar-refractivity contribution in [2.24, 2.45) is 10.1 Å². The van der Waals surface area contributed by atoms with Gasteiger partial charge in [-0.15, -0.1) is 0 Å². The molecule has 2 amide bonds. The largest absolute Gasteiger partial charge is 0.495 e. The van der Waals surface area contributed by atoms with E-state index in [0.717, 1.165) is 5.56 Å². The molecule has 28 heavy (non-hydrogen) atoms. The van der Waals surface area contributed by atoms with Gasteiger partial charge in [0.25, 0.3) is 5.91 Å². The number of anilines is 1. The zero-order chi connectivity index (χ0) is 19.9. The zero-order valence-corrected chi connectivity index (χ0v) is 15.7. The number of rotatable bonds is 6. The monoisotopic (exact) mass is 399 g/mol. The van der Waals surface area contributed by atoms with Gasteiger partial charge in [-0.1, -0.05) is 41.9 Å². The molecule has 2 aromatic carbocycles. The second-order valence-electron chi connectivity index (χ2n) is 5.86. The van der Waals surface area contributed by atoms with Crippen LogP contribution >= 0.6 is 11.6 Å². The van der Waals surface area contributed by atoms with E-state index >= 15 is 0 Å². The summed E-state index contributed by atoms with van der Waals surface area (Å²) in [5.41, 5.74) is 3.98. The first-order valence-corrected chi connectivity index (χ1v) is 8.79. The summed E-state index contributed by atoms with van der Waals surface area (Å²) in [5.74, 6) is -0.117. The molecule has 0 unspecified atom stereocenters. The predicted molar refractivity (Wildman–Crippen MR) is 108 cm³/mol. The number of methoxy groups -OCH3 is 1. The summed E-state index contributed by atoms with van der Waals surface area (Å²) in [4.78, 5) is 28.5. The highest BCUT2D eigenvalue weighted by Crippen LogP contribution is 2.27. The summed E-state index contributed by atoms with van der Waals surface area (Å²) < 4.78 is 5.18.